The predicted molar refractivity (Wildman–Crippen MR) is 69.6 cm³/mol. The Morgan fingerprint density at radius 3 is 2.62 bits per heavy atom. The van der Waals surface area contributed by atoms with E-state index in [1.54, 1.807) is 0 Å². The molecule has 0 radical (unpaired) electrons. The van der Waals surface area contributed by atoms with Crippen molar-refractivity contribution >= 4 is 11.3 Å². The molecule has 2 rings (SSSR count). The summed E-state index contributed by atoms with van der Waals surface area (Å²) in [6, 6.07) is 0. The summed E-state index contributed by atoms with van der Waals surface area (Å²) in [7, 11) is 0. The van der Waals surface area contributed by atoms with Crippen LogP contribution in [0.3, 0.4) is 0 Å². The lowest BCUT2D eigenvalue weighted by Gasteiger charge is -2.35. The second-order valence-electron chi connectivity index (χ2n) is 4.99. The van der Waals surface area contributed by atoms with Crippen LogP contribution in [-0.2, 0) is 12.0 Å². The molecular weight excluding hydrogens is 216 g/mol. The van der Waals surface area contributed by atoms with Crippen molar-refractivity contribution in [2.24, 2.45) is 11.7 Å². The molecule has 1 aliphatic carbocycles. The Morgan fingerprint density at radius 1 is 1.44 bits per heavy atom. The van der Waals surface area contributed by atoms with Gasteiger partial charge in [0.15, 0.2) is 0 Å². The largest absolute Gasteiger partial charge is 0.319 e. The summed E-state index contributed by atoms with van der Waals surface area (Å²) in [5.74, 6) is 0.891. The Hall–Kier alpha value is -0.410. The zero-order chi connectivity index (χ0) is 11.6. The Balaban J connectivity index is 2.08. The third kappa shape index (κ3) is 2.30. The molecule has 2 N–H and O–H groups in total. The maximum absolute atomic E-state index is 6.51. The van der Waals surface area contributed by atoms with Gasteiger partial charge in [0.1, 0.15) is 5.01 Å². The predicted octanol–water partition coefficient (Wildman–Crippen LogP) is 3.46. The van der Waals surface area contributed by atoms with Crippen LogP contribution in [0.4, 0.5) is 0 Å². The van der Waals surface area contributed by atoms with Gasteiger partial charge in [-0.2, -0.15) is 0 Å². The summed E-state index contributed by atoms with van der Waals surface area (Å²) in [6.07, 6.45) is 9.15. The average molecular weight is 238 g/mol. The summed E-state index contributed by atoms with van der Waals surface area (Å²) >= 11 is 1.81. The molecule has 0 atom stereocenters. The van der Waals surface area contributed by atoms with E-state index < -0.39 is 0 Å². The highest BCUT2D eigenvalue weighted by molar-refractivity contribution is 7.11. The van der Waals surface area contributed by atoms with Gasteiger partial charge >= 0.3 is 0 Å². The lowest BCUT2D eigenvalue weighted by Crippen LogP contribution is -2.40. The first-order valence-electron chi connectivity index (χ1n) is 6.42. The van der Waals surface area contributed by atoms with Gasteiger partial charge in [0.05, 0.1) is 5.54 Å². The number of thiazole rings is 1. The zero-order valence-electron chi connectivity index (χ0n) is 10.3. The van der Waals surface area contributed by atoms with E-state index in [1.807, 2.05) is 17.5 Å². The summed E-state index contributed by atoms with van der Waals surface area (Å²) in [5.41, 5.74) is 6.39. The van der Waals surface area contributed by atoms with Gasteiger partial charge in [-0.15, -0.1) is 11.3 Å². The fourth-order valence-corrected chi connectivity index (χ4v) is 3.53. The number of nitrogens with two attached hydrogens (primary N) is 1. The van der Waals surface area contributed by atoms with Crippen molar-refractivity contribution in [3.63, 3.8) is 0 Å². The van der Waals surface area contributed by atoms with Crippen LogP contribution in [0.5, 0.6) is 0 Å². The first kappa shape index (κ1) is 12.1. The fourth-order valence-electron chi connectivity index (χ4n) is 2.52. The van der Waals surface area contributed by atoms with Crippen molar-refractivity contribution in [3.8, 4) is 0 Å². The van der Waals surface area contributed by atoms with E-state index in [9.17, 15) is 0 Å². The Labute approximate surface area is 102 Å². The number of hydrogen-bond donors (Lipinski definition) is 1. The van der Waals surface area contributed by atoms with Gasteiger partial charge in [-0.25, -0.2) is 4.98 Å². The van der Waals surface area contributed by atoms with Crippen LogP contribution in [-0.4, -0.2) is 4.98 Å². The van der Waals surface area contributed by atoms with Crippen LogP contribution in [0.1, 0.15) is 55.8 Å². The van der Waals surface area contributed by atoms with Crippen LogP contribution >= 0.6 is 11.3 Å². The molecule has 0 aromatic carbocycles. The molecule has 3 heteroatoms. The average Bonchev–Trinajstić information content (AvgIpc) is 2.79. The fraction of sp³-hybridized carbons (Fsp3) is 0.769. The first-order chi connectivity index (χ1) is 7.68. The SMILES string of the molecule is CCc1cnc(C2(N)CCC(CC)CC2)s1. The van der Waals surface area contributed by atoms with Crippen molar-refractivity contribution in [3.05, 3.63) is 16.1 Å². The lowest BCUT2D eigenvalue weighted by molar-refractivity contribution is 0.231. The second-order valence-corrected chi connectivity index (χ2v) is 6.11. The molecule has 1 heterocycles. The van der Waals surface area contributed by atoms with Crippen molar-refractivity contribution in [1.82, 2.24) is 4.98 Å². The number of nitrogens with zero attached hydrogens (tertiary/aromatic N) is 1. The van der Waals surface area contributed by atoms with E-state index in [-0.39, 0.29) is 5.54 Å². The number of rotatable bonds is 3. The van der Waals surface area contributed by atoms with Crippen LogP contribution in [0.2, 0.25) is 0 Å². The Kier molecular flexibility index (Phi) is 3.65. The Bertz CT molecular complexity index is 337. The number of aromatic nitrogens is 1. The monoisotopic (exact) mass is 238 g/mol. The molecule has 0 unspecified atom stereocenters. The molecular formula is C13H22N2S. The summed E-state index contributed by atoms with van der Waals surface area (Å²) < 4.78 is 0. The highest BCUT2D eigenvalue weighted by Crippen LogP contribution is 2.39. The summed E-state index contributed by atoms with van der Waals surface area (Å²) in [4.78, 5) is 5.89. The molecule has 1 aromatic heterocycles. The van der Waals surface area contributed by atoms with Gasteiger partial charge in [-0.3, -0.25) is 0 Å². The van der Waals surface area contributed by atoms with Gasteiger partial charge < -0.3 is 5.73 Å². The normalized spacial score (nSPS) is 30.6. The van der Waals surface area contributed by atoms with Crippen LogP contribution in [0.15, 0.2) is 6.20 Å². The number of hydrogen-bond acceptors (Lipinski definition) is 3. The first-order valence-corrected chi connectivity index (χ1v) is 7.23. The molecule has 0 amide bonds. The summed E-state index contributed by atoms with van der Waals surface area (Å²) in [6.45, 7) is 4.46. The Morgan fingerprint density at radius 2 is 2.12 bits per heavy atom. The maximum atomic E-state index is 6.51. The minimum Gasteiger partial charge on any atom is -0.319 e. The van der Waals surface area contributed by atoms with E-state index in [4.69, 9.17) is 5.73 Å². The molecule has 1 aliphatic rings. The van der Waals surface area contributed by atoms with Gasteiger partial charge in [0.2, 0.25) is 0 Å². The topological polar surface area (TPSA) is 38.9 Å². The smallest absolute Gasteiger partial charge is 0.113 e. The highest BCUT2D eigenvalue weighted by atomic mass is 32.1. The van der Waals surface area contributed by atoms with Crippen molar-refractivity contribution < 1.29 is 0 Å². The third-order valence-electron chi connectivity index (χ3n) is 3.90. The molecule has 0 aliphatic heterocycles. The van der Waals surface area contributed by atoms with E-state index >= 15 is 0 Å². The molecule has 1 fully saturated rings. The zero-order valence-corrected chi connectivity index (χ0v) is 11.1. The van der Waals surface area contributed by atoms with E-state index in [2.05, 4.69) is 18.8 Å². The minimum atomic E-state index is -0.121. The molecule has 90 valence electrons. The molecule has 1 aromatic rings. The molecule has 0 bridgehead atoms. The molecule has 0 spiro atoms. The second kappa shape index (κ2) is 4.84. The van der Waals surface area contributed by atoms with Crippen LogP contribution in [0, 0.1) is 5.92 Å². The number of aryl methyl sites for hydroxylation is 1. The van der Waals surface area contributed by atoms with Crippen molar-refractivity contribution in [1.29, 1.82) is 0 Å². The third-order valence-corrected chi connectivity index (χ3v) is 5.26. The molecule has 0 saturated heterocycles. The molecule has 2 nitrogen and oxygen atoms in total. The highest BCUT2D eigenvalue weighted by Gasteiger charge is 2.34. The van der Waals surface area contributed by atoms with Crippen LogP contribution < -0.4 is 5.73 Å². The van der Waals surface area contributed by atoms with Crippen molar-refractivity contribution in [2.75, 3.05) is 0 Å². The van der Waals surface area contributed by atoms with E-state index in [1.165, 1.54) is 29.1 Å². The maximum Gasteiger partial charge on any atom is 0.113 e. The molecule has 1 saturated carbocycles. The van der Waals surface area contributed by atoms with Gasteiger partial charge in [-0.1, -0.05) is 20.3 Å². The molecule has 16 heavy (non-hydrogen) atoms. The van der Waals surface area contributed by atoms with Crippen LogP contribution in [0.25, 0.3) is 0 Å². The van der Waals surface area contributed by atoms with Gasteiger partial charge in [0, 0.05) is 11.1 Å². The van der Waals surface area contributed by atoms with Crippen molar-refractivity contribution in [2.45, 2.75) is 57.9 Å². The van der Waals surface area contributed by atoms with E-state index in [0.717, 1.165) is 25.2 Å². The van der Waals surface area contributed by atoms with Gasteiger partial charge in [-0.05, 0) is 38.0 Å². The quantitative estimate of drug-likeness (QED) is 0.876. The van der Waals surface area contributed by atoms with Gasteiger partial charge in [0.25, 0.3) is 0 Å². The summed E-state index contributed by atoms with van der Waals surface area (Å²) in [5, 5.41) is 1.17. The van der Waals surface area contributed by atoms with E-state index in [0.29, 0.717) is 0 Å². The lowest BCUT2D eigenvalue weighted by atomic mass is 9.76. The minimum absolute atomic E-state index is 0.121. The standard InChI is InChI=1S/C13H22N2S/c1-3-10-5-7-13(14,8-6-10)12-15-9-11(4-2)16-12/h9-10H,3-8,14H2,1-2H3.